The first-order chi connectivity index (χ1) is 10.5. The summed E-state index contributed by atoms with van der Waals surface area (Å²) in [6, 6.07) is 7.81. The Balaban J connectivity index is 2.79. The van der Waals surface area contributed by atoms with Crippen molar-refractivity contribution in [3.8, 4) is 11.1 Å². The molecule has 5 heteroatoms. The third-order valence-electron chi connectivity index (χ3n) is 3.57. The molecule has 116 valence electrons. The van der Waals surface area contributed by atoms with Crippen LogP contribution in [0.4, 0.5) is 10.2 Å². The van der Waals surface area contributed by atoms with E-state index in [4.69, 9.17) is 0 Å². The van der Waals surface area contributed by atoms with Crippen LogP contribution in [0.5, 0.6) is 0 Å². The summed E-state index contributed by atoms with van der Waals surface area (Å²) in [4.78, 5) is 18.0. The lowest BCUT2D eigenvalue weighted by Gasteiger charge is -2.23. The maximum atomic E-state index is 14.1. The normalized spacial score (nSPS) is 10.5. The van der Waals surface area contributed by atoms with Crippen LogP contribution >= 0.6 is 0 Å². The van der Waals surface area contributed by atoms with Gasteiger partial charge in [-0.1, -0.05) is 18.2 Å². The van der Waals surface area contributed by atoms with Gasteiger partial charge in [0.1, 0.15) is 17.2 Å². The smallest absolute Gasteiger partial charge is 0.340 e. The molecular weight excluding hydrogens is 283 g/mol. The van der Waals surface area contributed by atoms with Gasteiger partial charge in [-0.25, -0.2) is 14.2 Å². The van der Waals surface area contributed by atoms with Crippen molar-refractivity contribution in [1.29, 1.82) is 0 Å². The van der Waals surface area contributed by atoms with Gasteiger partial charge in [0, 0.05) is 29.9 Å². The molecule has 0 amide bonds. The second-order valence-electron chi connectivity index (χ2n) is 4.97. The monoisotopic (exact) mass is 302 g/mol. The number of benzene rings is 1. The fourth-order valence-electron chi connectivity index (χ4n) is 2.51. The molecule has 0 fully saturated rings. The zero-order chi connectivity index (χ0) is 16.3. The Kier molecular flexibility index (Phi) is 4.75. The van der Waals surface area contributed by atoms with Crippen LogP contribution in [0.15, 0.2) is 30.3 Å². The SMILES string of the molecule is CCN(CC)c1nc(C)cc(-c2ccccc2F)c1C(=O)O. The highest BCUT2D eigenvalue weighted by Gasteiger charge is 2.23. The lowest BCUT2D eigenvalue weighted by Crippen LogP contribution is -2.26. The second-order valence-corrected chi connectivity index (χ2v) is 4.97. The molecule has 1 heterocycles. The molecule has 0 atom stereocenters. The molecule has 1 aromatic heterocycles. The molecule has 1 N–H and O–H groups in total. The molecule has 22 heavy (non-hydrogen) atoms. The molecule has 2 rings (SSSR count). The molecule has 0 saturated heterocycles. The topological polar surface area (TPSA) is 53.4 Å². The molecule has 0 aliphatic carbocycles. The largest absolute Gasteiger partial charge is 0.478 e. The summed E-state index contributed by atoms with van der Waals surface area (Å²) in [7, 11) is 0. The molecule has 0 unspecified atom stereocenters. The summed E-state index contributed by atoms with van der Waals surface area (Å²) >= 11 is 0. The molecule has 1 aromatic carbocycles. The molecule has 0 aliphatic rings. The van der Waals surface area contributed by atoms with Gasteiger partial charge in [-0.05, 0) is 32.9 Å². The van der Waals surface area contributed by atoms with Gasteiger partial charge in [-0.3, -0.25) is 0 Å². The van der Waals surface area contributed by atoms with Gasteiger partial charge < -0.3 is 10.0 Å². The van der Waals surface area contributed by atoms with Gasteiger partial charge in [0.25, 0.3) is 0 Å². The van der Waals surface area contributed by atoms with Crippen molar-refractivity contribution in [2.45, 2.75) is 20.8 Å². The van der Waals surface area contributed by atoms with E-state index >= 15 is 0 Å². The Bertz CT molecular complexity index is 697. The molecule has 0 spiro atoms. The Morgan fingerprint density at radius 3 is 2.41 bits per heavy atom. The Hall–Kier alpha value is -2.43. The van der Waals surface area contributed by atoms with Crippen LogP contribution in [0, 0.1) is 12.7 Å². The van der Waals surface area contributed by atoms with Crippen LogP contribution in [-0.2, 0) is 0 Å². The highest BCUT2D eigenvalue weighted by atomic mass is 19.1. The van der Waals surface area contributed by atoms with Crippen molar-refractivity contribution in [2.24, 2.45) is 0 Å². The van der Waals surface area contributed by atoms with E-state index in [0.717, 1.165) is 0 Å². The lowest BCUT2D eigenvalue weighted by molar-refractivity contribution is 0.0698. The number of carbonyl (C=O) groups is 1. The van der Waals surface area contributed by atoms with E-state index in [-0.39, 0.29) is 11.1 Å². The number of nitrogens with zero attached hydrogens (tertiary/aromatic N) is 2. The van der Waals surface area contributed by atoms with Crippen LogP contribution < -0.4 is 4.90 Å². The number of hydrogen-bond acceptors (Lipinski definition) is 3. The van der Waals surface area contributed by atoms with E-state index in [0.29, 0.717) is 30.2 Å². The molecule has 0 radical (unpaired) electrons. The average molecular weight is 302 g/mol. The van der Waals surface area contributed by atoms with Crippen LogP contribution in [0.1, 0.15) is 29.9 Å². The van der Waals surface area contributed by atoms with Gasteiger partial charge in [-0.15, -0.1) is 0 Å². The molecule has 2 aromatic rings. The van der Waals surface area contributed by atoms with Crippen LogP contribution in [0.3, 0.4) is 0 Å². The first-order valence-electron chi connectivity index (χ1n) is 7.24. The molecular formula is C17H19FN2O2. The van der Waals surface area contributed by atoms with Gasteiger partial charge in [0.05, 0.1) is 0 Å². The Morgan fingerprint density at radius 1 is 1.23 bits per heavy atom. The zero-order valence-corrected chi connectivity index (χ0v) is 12.9. The average Bonchev–Trinajstić information content (AvgIpc) is 2.48. The summed E-state index contributed by atoms with van der Waals surface area (Å²) in [5.41, 5.74) is 1.34. The lowest BCUT2D eigenvalue weighted by atomic mass is 9.98. The number of carboxylic acid groups (broad SMARTS) is 1. The van der Waals surface area contributed by atoms with E-state index in [1.807, 2.05) is 18.7 Å². The van der Waals surface area contributed by atoms with E-state index in [1.54, 1.807) is 31.2 Å². The predicted molar refractivity (Wildman–Crippen MR) is 84.9 cm³/mol. The van der Waals surface area contributed by atoms with Crippen LogP contribution in [-0.4, -0.2) is 29.1 Å². The number of halogens is 1. The molecule has 0 aliphatic heterocycles. The number of anilines is 1. The van der Waals surface area contributed by atoms with Gasteiger partial charge in [0.2, 0.25) is 0 Å². The van der Waals surface area contributed by atoms with Crippen molar-refractivity contribution in [2.75, 3.05) is 18.0 Å². The second kappa shape index (κ2) is 6.56. The Morgan fingerprint density at radius 2 is 1.86 bits per heavy atom. The third kappa shape index (κ3) is 2.93. The van der Waals surface area contributed by atoms with Gasteiger partial charge in [0.15, 0.2) is 0 Å². The zero-order valence-electron chi connectivity index (χ0n) is 12.9. The highest BCUT2D eigenvalue weighted by Crippen LogP contribution is 2.32. The summed E-state index contributed by atoms with van der Waals surface area (Å²) in [6.45, 7) is 6.90. The molecule has 4 nitrogen and oxygen atoms in total. The number of aryl methyl sites for hydroxylation is 1. The first-order valence-corrected chi connectivity index (χ1v) is 7.24. The number of pyridine rings is 1. The van der Waals surface area contributed by atoms with Crippen molar-refractivity contribution >= 4 is 11.8 Å². The third-order valence-corrected chi connectivity index (χ3v) is 3.57. The maximum absolute atomic E-state index is 14.1. The minimum Gasteiger partial charge on any atom is -0.478 e. The van der Waals surface area contributed by atoms with E-state index < -0.39 is 11.8 Å². The number of carboxylic acids is 1. The van der Waals surface area contributed by atoms with Crippen molar-refractivity contribution in [1.82, 2.24) is 4.98 Å². The number of rotatable bonds is 5. The first kappa shape index (κ1) is 15.9. The van der Waals surface area contributed by atoms with Crippen LogP contribution in [0.25, 0.3) is 11.1 Å². The molecule has 0 saturated carbocycles. The Labute approximate surface area is 129 Å². The molecule has 0 bridgehead atoms. The van der Waals surface area contributed by atoms with Gasteiger partial charge >= 0.3 is 5.97 Å². The van der Waals surface area contributed by atoms with Crippen molar-refractivity contribution < 1.29 is 14.3 Å². The van der Waals surface area contributed by atoms with Crippen LogP contribution in [0.2, 0.25) is 0 Å². The number of aromatic nitrogens is 1. The maximum Gasteiger partial charge on any atom is 0.340 e. The minimum absolute atomic E-state index is 0.0411. The van der Waals surface area contributed by atoms with E-state index in [2.05, 4.69) is 4.98 Å². The summed E-state index contributed by atoms with van der Waals surface area (Å²) in [5, 5.41) is 9.64. The van der Waals surface area contributed by atoms with Crippen molar-refractivity contribution in [3.63, 3.8) is 0 Å². The van der Waals surface area contributed by atoms with Crippen molar-refractivity contribution in [3.05, 3.63) is 47.4 Å². The summed E-state index contributed by atoms with van der Waals surface area (Å²) < 4.78 is 14.1. The van der Waals surface area contributed by atoms with E-state index in [9.17, 15) is 14.3 Å². The standard InChI is InChI=1S/C17H19FN2O2/c1-4-20(5-2)16-15(17(21)22)13(10-11(3)19-16)12-8-6-7-9-14(12)18/h6-10H,4-5H2,1-3H3,(H,21,22). The predicted octanol–water partition coefficient (Wildman–Crippen LogP) is 3.74. The summed E-state index contributed by atoms with van der Waals surface area (Å²) in [5.74, 6) is -1.16. The quantitative estimate of drug-likeness (QED) is 0.914. The fraction of sp³-hybridized carbons (Fsp3) is 0.294. The number of hydrogen-bond donors (Lipinski definition) is 1. The van der Waals surface area contributed by atoms with Gasteiger partial charge in [-0.2, -0.15) is 0 Å². The highest BCUT2D eigenvalue weighted by molar-refractivity contribution is 6.01. The number of aromatic carboxylic acids is 1. The minimum atomic E-state index is -1.10. The van der Waals surface area contributed by atoms with E-state index in [1.165, 1.54) is 6.07 Å². The fourth-order valence-corrected chi connectivity index (χ4v) is 2.51. The summed E-state index contributed by atoms with van der Waals surface area (Å²) in [6.07, 6.45) is 0.